The number of fused-ring (bicyclic) bond motifs is 6. The topological polar surface area (TPSA) is 276 Å². The average Bonchev–Trinajstić information content (AvgIpc) is 3.42. The Hall–Kier alpha value is -9.68. The van der Waals surface area contributed by atoms with Crippen molar-refractivity contribution in [3.05, 3.63) is 181 Å². The van der Waals surface area contributed by atoms with Crippen LogP contribution in [-0.4, -0.2) is 90.4 Å². The van der Waals surface area contributed by atoms with Gasteiger partial charge in [-0.05, 0) is 42.5 Å². The Morgan fingerprint density at radius 3 is 1.27 bits per heavy atom. The largest absolute Gasteiger partial charge is 0.506 e. The Labute approximate surface area is 419 Å². The lowest BCUT2D eigenvalue weighted by Crippen LogP contribution is -1.89. The SMILES string of the molecule is Oc1c(Cl)cc(F)c2cncnc12.Oc1c(F)cc(Cl)c2cncnc12.Oc1c(F)cc(F)c2cncnc12.Oc1c(F)ccc2cncnc12.Oc1ccc(F)c2cncnc12.Oc1cccc2cncnc12. The molecule has 0 aliphatic heterocycles. The number of rotatable bonds is 0. The zero-order chi connectivity index (χ0) is 53.1. The molecule has 0 radical (unpaired) electrons. The number of halogens is 8. The lowest BCUT2D eigenvalue weighted by Gasteiger charge is -2.01. The third-order valence-electron chi connectivity index (χ3n) is 9.73. The smallest absolute Gasteiger partial charge is 0.178 e. The first-order valence-electron chi connectivity index (χ1n) is 20.4. The maximum absolute atomic E-state index is 13.2. The van der Waals surface area contributed by atoms with Gasteiger partial charge in [0.25, 0.3) is 0 Å². The fraction of sp³-hybridized carbons (Fsp3) is 0. The lowest BCUT2D eigenvalue weighted by atomic mass is 10.2. The Balaban J connectivity index is 0.000000130. The second-order valence-corrected chi connectivity index (χ2v) is 15.2. The van der Waals surface area contributed by atoms with E-state index in [0.29, 0.717) is 22.4 Å². The summed E-state index contributed by atoms with van der Waals surface area (Å²) in [6.45, 7) is 0. The van der Waals surface area contributed by atoms with Gasteiger partial charge >= 0.3 is 0 Å². The lowest BCUT2D eigenvalue weighted by molar-refractivity contribution is 0.434. The maximum Gasteiger partial charge on any atom is 0.178 e. The van der Waals surface area contributed by atoms with Crippen LogP contribution in [0.4, 0.5) is 26.3 Å². The number of para-hydroxylation sites is 1. The van der Waals surface area contributed by atoms with Crippen LogP contribution in [-0.2, 0) is 0 Å². The first-order valence-corrected chi connectivity index (χ1v) is 21.1. The summed E-state index contributed by atoms with van der Waals surface area (Å²) in [7, 11) is 0. The number of phenols is 6. The van der Waals surface area contributed by atoms with Crippen LogP contribution in [0.1, 0.15) is 0 Å². The predicted molar refractivity (Wildman–Crippen MR) is 257 cm³/mol. The predicted octanol–water partition coefficient (Wildman–Crippen LogP) is 10.2. The molecule has 18 nitrogen and oxygen atoms in total. The highest BCUT2D eigenvalue weighted by atomic mass is 35.5. The van der Waals surface area contributed by atoms with Crippen LogP contribution < -0.4 is 0 Å². The van der Waals surface area contributed by atoms with E-state index in [1.54, 1.807) is 18.3 Å². The second kappa shape index (κ2) is 23.5. The average molecular weight is 1050 g/mol. The molecular formula is C48H28Cl2F6N12O6. The third-order valence-corrected chi connectivity index (χ3v) is 10.3. The van der Waals surface area contributed by atoms with E-state index in [1.807, 2.05) is 6.07 Å². The molecule has 372 valence electrons. The van der Waals surface area contributed by atoms with E-state index in [0.717, 1.165) is 23.8 Å². The molecule has 12 aromatic rings. The highest BCUT2D eigenvalue weighted by Crippen LogP contribution is 2.33. The van der Waals surface area contributed by atoms with E-state index in [9.17, 15) is 51.9 Å². The zero-order valence-electron chi connectivity index (χ0n) is 36.8. The molecule has 0 amide bonds. The molecule has 0 saturated heterocycles. The Bertz CT molecular complexity index is 3730. The standard InChI is InChI=1S/2C8H4ClFN2O.C8H4F2N2O.2C8H5FN2O.C8H6N2O/c9-5-1-6(10)4-2-11-3-12-7(4)8(5)13;2*9-5-1-6(10)8(13)7-4(5)2-11-3-12-7;9-6-1-2-7(12)8-5(6)3-10-4-11-8;9-6-2-1-5-3-10-4-11-7(5)8(6)12;11-7-3-1-2-6-4-9-5-10-8(6)7/h3*1-3,13H;2*1-4,12H;1-5,11H. The summed E-state index contributed by atoms with van der Waals surface area (Å²) in [5, 5.41) is 58.0. The minimum Gasteiger partial charge on any atom is -0.506 e. The van der Waals surface area contributed by atoms with Gasteiger partial charge in [0.2, 0.25) is 0 Å². The van der Waals surface area contributed by atoms with Crippen molar-refractivity contribution in [2.75, 3.05) is 0 Å². The highest BCUT2D eigenvalue weighted by molar-refractivity contribution is 6.35. The monoisotopic (exact) mass is 1050 g/mol. The molecule has 74 heavy (non-hydrogen) atoms. The summed E-state index contributed by atoms with van der Waals surface area (Å²) >= 11 is 11.2. The molecule has 0 fully saturated rings. The minimum absolute atomic E-state index is 0.00130. The van der Waals surface area contributed by atoms with Crippen molar-refractivity contribution in [2.45, 2.75) is 0 Å². The van der Waals surface area contributed by atoms with Crippen LogP contribution in [0.25, 0.3) is 65.4 Å². The summed E-state index contributed by atoms with van der Waals surface area (Å²) in [6.07, 6.45) is 15.9. The normalized spacial score (nSPS) is 10.5. The van der Waals surface area contributed by atoms with Gasteiger partial charge in [-0.1, -0.05) is 35.3 Å². The molecular weight excluding hydrogens is 1030 g/mol. The van der Waals surface area contributed by atoms with E-state index in [-0.39, 0.29) is 71.0 Å². The van der Waals surface area contributed by atoms with Gasteiger partial charge in [0.1, 0.15) is 100 Å². The number of nitrogens with zero attached hydrogens (tertiary/aromatic N) is 12. The first kappa shape index (κ1) is 52.2. The summed E-state index contributed by atoms with van der Waals surface area (Å²) in [4.78, 5) is 44.5. The van der Waals surface area contributed by atoms with Crippen LogP contribution >= 0.6 is 23.2 Å². The molecule has 0 unspecified atom stereocenters. The number of hydrogen-bond donors (Lipinski definition) is 6. The van der Waals surface area contributed by atoms with Crippen LogP contribution in [0.3, 0.4) is 0 Å². The molecule has 6 aromatic heterocycles. The van der Waals surface area contributed by atoms with Crippen LogP contribution in [0, 0.1) is 34.9 Å². The van der Waals surface area contributed by atoms with Crippen molar-refractivity contribution in [1.29, 1.82) is 0 Å². The van der Waals surface area contributed by atoms with Crippen molar-refractivity contribution in [1.82, 2.24) is 59.8 Å². The quantitative estimate of drug-likeness (QED) is 0.0770. The number of aromatic nitrogens is 12. The number of hydrogen-bond acceptors (Lipinski definition) is 18. The van der Waals surface area contributed by atoms with E-state index in [1.165, 1.54) is 86.9 Å². The van der Waals surface area contributed by atoms with Gasteiger partial charge in [-0.3, -0.25) is 0 Å². The second-order valence-electron chi connectivity index (χ2n) is 14.4. The fourth-order valence-corrected chi connectivity index (χ4v) is 6.65. The molecule has 0 saturated carbocycles. The first-order chi connectivity index (χ1) is 35.5. The van der Waals surface area contributed by atoms with E-state index < -0.39 is 52.2 Å². The summed E-state index contributed by atoms with van der Waals surface area (Å²) in [5.41, 5.74) is 1.21. The molecule has 6 N–H and O–H groups in total. The fourth-order valence-electron chi connectivity index (χ4n) is 6.23. The molecule has 0 bridgehead atoms. The number of aromatic hydroxyl groups is 6. The van der Waals surface area contributed by atoms with Crippen LogP contribution in [0.15, 0.2) is 136 Å². The zero-order valence-corrected chi connectivity index (χ0v) is 38.3. The molecule has 0 aliphatic rings. The van der Waals surface area contributed by atoms with Crippen molar-refractivity contribution in [2.24, 2.45) is 0 Å². The van der Waals surface area contributed by atoms with Crippen molar-refractivity contribution < 1.29 is 57.0 Å². The number of benzene rings is 6. The molecule has 6 aromatic carbocycles. The molecule has 0 atom stereocenters. The molecule has 0 spiro atoms. The third kappa shape index (κ3) is 11.9. The van der Waals surface area contributed by atoms with Crippen molar-refractivity contribution in [3.63, 3.8) is 0 Å². The molecule has 12 rings (SSSR count). The Morgan fingerprint density at radius 1 is 0.311 bits per heavy atom. The Morgan fingerprint density at radius 2 is 0.703 bits per heavy atom. The van der Waals surface area contributed by atoms with Gasteiger partial charge in [0.15, 0.2) is 40.4 Å². The molecule has 0 aliphatic carbocycles. The van der Waals surface area contributed by atoms with Gasteiger partial charge in [-0.25, -0.2) is 86.2 Å². The Kier molecular flexibility index (Phi) is 16.6. The summed E-state index contributed by atoms with van der Waals surface area (Å²) in [5.74, 6) is -5.86. The summed E-state index contributed by atoms with van der Waals surface area (Å²) < 4.78 is 77.5. The van der Waals surface area contributed by atoms with Gasteiger partial charge in [-0.15, -0.1) is 0 Å². The maximum atomic E-state index is 13.2. The molecule has 6 heterocycles. The highest BCUT2D eigenvalue weighted by Gasteiger charge is 2.14. The van der Waals surface area contributed by atoms with Gasteiger partial charge in [0, 0.05) is 59.4 Å². The number of phenolic OH excluding ortho intramolecular Hbond substituents is 6. The van der Waals surface area contributed by atoms with Gasteiger partial charge in [0.05, 0.1) is 26.2 Å². The minimum atomic E-state index is -1.02. The molecule has 26 heteroatoms. The van der Waals surface area contributed by atoms with Crippen molar-refractivity contribution >= 4 is 88.6 Å². The van der Waals surface area contributed by atoms with Crippen molar-refractivity contribution in [3.8, 4) is 34.5 Å². The van der Waals surface area contributed by atoms with Crippen LogP contribution in [0.2, 0.25) is 10.0 Å². The van der Waals surface area contributed by atoms with Crippen LogP contribution in [0.5, 0.6) is 34.5 Å². The van der Waals surface area contributed by atoms with E-state index in [2.05, 4.69) is 59.8 Å². The van der Waals surface area contributed by atoms with E-state index >= 15 is 0 Å². The van der Waals surface area contributed by atoms with Gasteiger partial charge < -0.3 is 30.6 Å². The van der Waals surface area contributed by atoms with E-state index in [4.69, 9.17) is 28.3 Å². The summed E-state index contributed by atoms with van der Waals surface area (Å²) in [6, 6.07) is 13.0. The van der Waals surface area contributed by atoms with Gasteiger partial charge in [-0.2, -0.15) is 0 Å².